The topological polar surface area (TPSA) is 110 Å². The first kappa shape index (κ1) is 24.1. The maximum Gasteiger partial charge on any atom is 0.253 e. The lowest BCUT2D eigenvalue weighted by atomic mass is 9.95. The van der Waals surface area contributed by atoms with E-state index < -0.39 is 0 Å². The zero-order chi connectivity index (χ0) is 23.8. The first-order valence-electron chi connectivity index (χ1n) is 11.4. The molecule has 0 aliphatic carbocycles. The Kier molecular flexibility index (Phi) is 8.40. The maximum atomic E-state index is 12.9. The molecule has 1 saturated heterocycles. The fourth-order valence-corrected chi connectivity index (χ4v) is 4.56. The van der Waals surface area contributed by atoms with Crippen LogP contribution in [0.3, 0.4) is 0 Å². The molecular weight excluding hydrogens is 454 g/mol. The van der Waals surface area contributed by atoms with Crippen LogP contribution < -0.4 is 10.6 Å². The number of piperidine rings is 1. The van der Waals surface area contributed by atoms with Gasteiger partial charge in [-0.25, -0.2) is 0 Å². The summed E-state index contributed by atoms with van der Waals surface area (Å²) in [5, 5.41) is 11.9. The van der Waals surface area contributed by atoms with Crippen LogP contribution in [0.4, 0.5) is 5.69 Å². The summed E-state index contributed by atoms with van der Waals surface area (Å²) in [4.78, 5) is 33.2. The van der Waals surface area contributed by atoms with Gasteiger partial charge in [0.15, 0.2) is 0 Å². The van der Waals surface area contributed by atoms with E-state index in [1.807, 2.05) is 23.6 Å². The number of carbonyl (C=O) groups is 2. The van der Waals surface area contributed by atoms with Crippen LogP contribution in [0.1, 0.15) is 35.5 Å². The van der Waals surface area contributed by atoms with Crippen molar-refractivity contribution in [3.05, 3.63) is 53.2 Å². The Morgan fingerprint density at radius 1 is 1.21 bits per heavy atom. The summed E-state index contributed by atoms with van der Waals surface area (Å²) in [6, 6.07) is 11.0. The molecule has 34 heavy (non-hydrogen) atoms. The molecule has 1 fully saturated rings. The van der Waals surface area contributed by atoms with Crippen molar-refractivity contribution in [2.75, 3.05) is 38.7 Å². The predicted octanol–water partition coefficient (Wildman–Crippen LogP) is 3.42. The highest BCUT2D eigenvalue weighted by atomic mass is 32.1. The quantitative estimate of drug-likeness (QED) is 0.425. The summed E-state index contributed by atoms with van der Waals surface area (Å²) in [6.07, 6.45) is 2.18. The largest absolute Gasteiger partial charge is 0.385 e. The van der Waals surface area contributed by atoms with E-state index in [0.717, 1.165) is 37.2 Å². The maximum absolute atomic E-state index is 12.9. The lowest BCUT2D eigenvalue weighted by Gasteiger charge is -2.30. The third kappa shape index (κ3) is 6.28. The number of nitrogens with zero attached hydrogens (tertiary/aromatic N) is 3. The van der Waals surface area contributed by atoms with Crippen LogP contribution in [-0.2, 0) is 16.1 Å². The van der Waals surface area contributed by atoms with Gasteiger partial charge >= 0.3 is 0 Å². The van der Waals surface area contributed by atoms with Crippen LogP contribution in [0, 0.1) is 5.92 Å². The second-order valence-electron chi connectivity index (χ2n) is 8.18. The van der Waals surface area contributed by atoms with Gasteiger partial charge in [-0.15, -0.1) is 11.3 Å². The number of thiophene rings is 1. The Labute approximate surface area is 202 Å². The zero-order valence-corrected chi connectivity index (χ0v) is 20.0. The number of anilines is 1. The Hall–Kier alpha value is -3.08. The minimum Gasteiger partial charge on any atom is -0.385 e. The Morgan fingerprint density at radius 3 is 2.79 bits per heavy atom. The number of likely N-dealkylation sites (tertiary alicyclic amines) is 1. The third-order valence-electron chi connectivity index (χ3n) is 5.77. The number of methoxy groups -OCH3 is 1. The standard InChI is InChI=1S/C24H29N5O4S/c1-32-14-5-11-25-24(31)18-6-2-3-7-19(18)26-23(30)17-9-12-29(13-10-17)16-21-27-22(28-33-21)20-8-4-15-34-20/h2-4,6-8,15,17H,5,9-14,16H2,1H3,(H,25,31)(H,26,30). The van der Waals surface area contributed by atoms with E-state index in [1.54, 1.807) is 36.6 Å². The van der Waals surface area contributed by atoms with E-state index >= 15 is 0 Å². The molecule has 2 N–H and O–H groups in total. The fourth-order valence-electron chi connectivity index (χ4n) is 3.91. The van der Waals surface area contributed by atoms with Crippen molar-refractivity contribution in [2.24, 2.45) is 5.92 Å². The highest BCUT2D eigenvalue weighted by molar-refractivity contribution is 7.13. The molecule has 0 spiro atoms. The zero-order valence-electron chi connectivity index (χ0n) is 19.2. The van der Waals surface area contributed by atoms with Gasteiger partial charge in [0, 0.05) is 26.2 Å². The van der Waals surface area contributed by atoms with Gasteiger partial charge in [-0.1, -0.05) is 23.4 Å². The molecule has 0 bridgehead atoms. The Bertz CT molecular complexity index is 1080. The molecule has 180 valence electrons. The average Bonchev–Trinajstić information content (AvgIpc) is 3.55. The summed E-state index contributed by atoms with van der Waals surface area (Å²) in [6.45, 7) is 3.19. The van der Waals surface area contributed by atoms with Crippen LogP contribution in [-0.4, -0.2) is 60.2 Å². The number of amides is 2. The molecule has 0 unspecified atom stereocenters. The Morgan fingerprint density at radius 2 is 2.03 bits per heavy atom. The molecule has 2 aromatic heterocycles. The number of nitrogens with one attached hydrogen (secondary N) is 2. The molecule has 3 aromatic rings. The van der Waals surface area contributed by atoms with Crippen molar-refractivity contribution in [1.29, 1.82) is 0 Å². The second-order valence-corrected chi connectivity index (χ2v) is 9.12. The van der Waals surface area contributed by atoms with Gasteiger partial charge in [0.1, 0.15) is 0 Å². The summed E-state index contributed by atoms with van der Waals surface area (Å²) < 4.78 is 10.4. The SMILES string of the molecule is COCCCNC(=O)c1ccccc1NC(=O)C1CCN(Cc2nc(-c3cccs3)no2)CC1. The van der Waals surface area contributed by atoms with Gasteiger partial charge in [-0.3, -0.25) is 14.5 Å². The molecule has 4 rings (SSSR count). The number of benzene rings is 1. The number of para-hydroxylation sites is 1. The number of rotatable bonds is 10. The number of aromatic nitrogens is 2. The Balaban J connectivity index is 1.27. The van der Waals surface area contributed by atoms with Crippen LogP contribution in [0.5, 0.6) is 0 Å². The minimum absolute atomic E-state index is 0.0583. The summed E-state index contributed by atoms with van der Waals surface area (Å²) >= 11 is 1.57. The molecule has 1 aromatic carbocycles. The lowest BCUT2D eigenvalue weighted by Crippen LogP contribution is -2.38. The molecular formula is C24H29N5O4S. The molecule has 0 saturated carbocycles. The number of hydrogen-bond donors (Lipinski definition) is 2. The minimum atomic E-state index is -0.205. The van der Waals surface area contributed by atoms with E-state index in [9.17, 15) is 9.59 Å². The van der Waals surface area contributed by atoms with Crippen LogP contribution >= 0.6 is 11.3 Å². The van der Waals surface area contributed by atoms with E-state index in [1.165, 1.54) is 0 Å². The van der Waals surface area contributed by atoms with Gasteiger partial charge in [0.25, 0.3) is 5.91 Å². The van der Waals surface area contributed by atoms with Crippen molar-refractivity contribution in [2.45, 2.75) is 25.8 Å². The lowest BCUT2D eigenvalue weighted by molar-refractivity contribution is -0.121. The summed E-state index contributed by atoms with van der Waals surface area (Å²) in [5.41, 5.74) is 0.995. The van der Waals surface area contributed by atoms with Crippen molar-refractivity contribution >= 4 is 28.8 Å². The van der Waals surface area contributed by atoms with Crippen molar-refractivity contribution in [3.8, 4) is 10.7 Å². The normalized spacial score (nSPS) is 14.7. The summed E-state index contributed by atoms with van der Waals surface area (Å²) in [5.74, 6) is 0.816. The monoisotopic (exact) mass is 483 g/mol. The van der Waals surface area contributed by atoms with Crippen LogP contribution in [0.2, 0.25) is 0 Å². The number of carbonyl (C=O) groups excluding carboxylic acids is 2. The number of hydrogen-bond acceptors (Lipinski definition) is 8. The average molecular weight is 484 g/mol. The van der Waals surface area contributed by atoms with Gasteiger partial charge in [-0.2, -0.15) is 4.98 Å². The van der Waals surface area contributed by atoms with Gasteiger partial charge < -0.3 is 19.9 Å². The van der Waals surface area contributed by atoms with Crippen molar-refractivity contribution < 1.29 is 18.8 Å². The third-order valence-corrected chi connectivity index (χ3v) is 6.63. The molecule has 1 aliphatic heterocycles. The first-order valence-corrected chi connectivity index (χ1v) is 12.3. The molecule has 2 amide bonds. The molecule has 0 atom stereocenters. The van der Waals surface area contributed by atoms with E-state index in [0.29, 0.717) is 42.7 Å². The van der Waals surface area contributed by atoms with E-state index in [2.05, 4.69) is 25.7 Å². The first-order chi connectivity index (χ1) is 16.6. The number of ether oxygens (including phenoxy) is 1. The fraction of sp³-hybridized carbons (Fsp3) is 0.417. The van der Waals surface area contributed by atoms with Crippen molar-refractivity contribution in [3.63, 3.8) is 0 Å². The summed E-state index contributed by atoms with van der Waals surface area (Å²) in [7, 11) is 1.63. The molecule has 1 aliphatic rings. The smallest absolute Gasteiger partial charge is 0.253 e. The van der Waals surface area contributed by atoms with Gasteiger partial charge in [0.05, 0.1) is 22.7 Å². The predicted molar refractivity (Wildman–Crippen MR) is 130 cm³/mol. The highest BCUT2D eigenvalue weighted by Crippen LogP contribution is 2.24. The van der Waals surface area contributed by atoms with Crippen LogP contribution in [0.15, 0.2) is 46.3 Å². The molecule has 0 radical (unpaired) electrons. The van der Waals surface area contributed by atoms with Crippen molar-refractivity contribution in [1.82, 2.24) is 20.4 Å². The second kappa shape index (κ2) is 11.9. The van der Waals surface area contributed by atoms with E-state index in [4.69, 9.17) is 9.26 Å². The molecule has 10 heteroatoms. The molecule has 9 nitrogen and oxygen atoms in total. The van der Waals surface area contributed by atoms with Gasteiger partial charge in [-0.05, 0) is 55.9 Å². The van der Waals surface area contributed by atoms with Crippen LogP contribution in [0.25, 0.3) is 10.7 Å². The van der Waals surface area contributed by atoms with Gasteiger partial charge in [0.2, 0.25) is 17.6 Å². The van der Waals surface area contributed by atoms with E-state index in [-0.39, 0.29) is 17.7 Å². The highest BCUT2D eigenvalue weighted by Gasteiger charge is 2.27. The molecule has 3 heterocycles.